The molecule has 0 radical (unpaired) electrons. The molecule has 0 bridgehead atoms. The Hall–Kier alpha value is -0.600. The first-order chi connectivity index (χ1) is 7.59. The number of hydrogen-bond acceptors (Lipinski definition) is 0. The Bertz CT molecular complexity index is 412. The van der Waals surface area contributed by atoms with Crippen LogP contribution in [0.5, 0.6) is 0 Å². The molecule has 0 nitrogen and oxygen atoms in total. The molecule has 0 fully saturated rings. The largest absolute Gasteiger partial charge is 0.0619 e. The first-order valence-electron chi connectivity index (χ1n) is 5.03. The van der Waals surface area contributed by atoms with Crippen LogP contribution in [0, 0.1) is 13.8 Å². The van der Waals surface area contributed by atoms with Crippen LogP contribution in [0.4, 0.5) is 0 Å². The summed E-state index contributed by atoms with van der Waals surface area (Å²) in [6, 6.07) is 16.4. The number of aryl methyl sites for hydroxylation is 2. The summed E-state index contributed by atoms with van der Waals surface area (Å²) in [5, 5.41) is 0. The van der Waals surface area contributed by atoms with Crippen molar-refractivity contribution in [1.29, 1.82) is 0 Å². The number of halogens is 2. The summed E-state index contributed by atoms with van der Waals surface area (Å²) < 4.78 is 2.33. The fourth-order valence-corrected chi connectivity index (χ4v) is 1.96. The van der Waals surface area contributed by atoms with E-state index in [2.05, 4.69) is 63.9 Å². The van der Waals surface area contributed by atoms with Gasteiger partial charge in [0, 0.05) is 8.95 Å². The van der Waals surface area contributed by atoms with Crippen LogP contribution in [0.3, 0.4) is 0 Å². The first kappa shape index (κ1) is 13.5. The summed E-state index contributed by atoms with van der Waals surface area (Å²) in [6.45, 7) is 4.15. The summed E-state index contributed by atoms with van der Waals surface area (Å²) in [5.74, 6) is 0. The van der Waals surface area contributed by atoms with E-state index in [1.165, 1.54) is 15.6 Å². The molecule has 0 saturated carbocycles. The van der Waals surface area contributed by atoms with Crippen LogP contribution in [-0.4, -0.2) is 0 Å². The van der Waals surface area contributed by atoms with Gasteiger partial charge in [-0.05, 0) is 37.6 Å². The third kappa shape index (κ3) is 4.95. The van der Waals surface area contributed by atoms with E-state index in [-0.39, 0.29) is 0 Å². The fraction of sp³-hybridized carbons (Fsp3) is 0.143. The Kier molecular flexibility index (Phi) is 5.78. The molecule has 2 heteroatoms. The van der Waals surface area contributed by atoms with Gasteiger partial charge in [-0.1, -0.05) is 67.8 Å². The van der Waals surface area contributed by atoms with Crippen LogP contribution in [0.2, 0.25) is 0 Å². The second-order valence-electron chi connectivity index (χ2n) is 3.55. The van der Waals surface area contributed by atoms with Gasteiger partial charge in [0.1, 0.15) is 0 Å². The third-order valence-corrected chi connectivity index (χ3v) is 3.44. The van der Waals surface area contributed by atoms with Crippen LogP contribution >= 0.6 is 31.9 Å². The summed E-state index contributed by atoms with van der Waals surface area (Å²) in [5.41, 5.74) is 2.58. The van der Waals surface area contributed by atoms with Gasteiger partial charge in [-0.3, -0.25) is 0 Å². The lowest BCUT2D eigenvalue weighted by molar-refractivity contribution is 1.43. The van der Waals surface area contributed by atoms with Crippen molar-refractivity contribution in [2.75, 3.05) is 0 Å². The van der Waals surface area contributed by atoms with E-state index in [1.807, 2.05) is 30.3 Å². The van der Waals surface area contributed by atoms with Gasteiger partial charge in [-0.15, -0.1) is 0 Å². The first-order valence-corrected chi connectivity index (χ1v) is 6.61. The van der Waals surface area contributed by atoms with Gasteiger partial charge in [0.25, 0.3) is 0 Å². The molecule has 0 aromatic heterocycles. The Morgan fingerprint density at radius 1 is 0.812 bits per heavy atom. The minimum atomic E-state index is 1.15. The van der Waals surface area contributed by atoms with E-state index >= 15 is 0 Å². The van der Waals surface area contributed by atoms with E-state index < -0.39 is 0 Å². The maximum Gasteiger partial charge on any atom is 0.0204 e. The molecule has 2 aromatic carbocycles. The minimum Gasteiger partial charge on any atom is -0.0619 e. The summed E-state index contributed by atoms with van der Waals surface area (Å²) in [4.78, 5) is 0. The number of benzene rings is 2. The average Bonchev–Trinajstić information content (AvgIpc) is 2.23. The van der Waals surface area contributed by atoms with Crippen LogP contribution < -0.4 is 0 Å². The summed E-state index contributed by atoms with van der Waals surface area (Å²) in [6.07, 6.45) is 0. The molecule has 0 aliphatic rings. The Morgan fingerprint density at radius 2 is 1.50 bits per heavy atom. The topological polar surface area (TPSA) is 0 Å². The van der Waals surface area contributed by atoms with Gasteiger partial charge >= 0.3 is 0 Å². The highest BCUT2D eigenvalue weighted by Crippen LogP contribution is 2.13. The van der Waals surface area contributed by atoms with Crippen molar-refractivity contribution in [3.05, 3.63) is 68.6 Å². The predicted molar refractivity (Wildman–Crippen MR) is 77.8 cm³/mol. The standard InChI is InChI=1S/2C7H7Br/c1-6-3-2-4-7(8)5-6;1-6-4-2-3-5-7(6)8/h2*2-5H,1H3. The number of hydrogen-bond donors (Lipinski definition) is 0. The van der Waals surface area contributed by atoms with E-state index in [1.54, 1.807) is 0 Å². The van der Waals surface area contributed by atoms with Gasteiger partial charge in [0.05, 0.1) is 0 Å². The van der Waals surface area contributed by atoms with Gasteiger partial charge < -0.3 is 0 Å². The van der Waals surface area contributed by atoms with E-state index in [0.717, 1.165) is 4.47 Å². The zero-order chi connectivity index (χ0) is 12.0. The molecule has 0 unspecified atom stereocenters. The maximum atomic E-state index is 3.40. The molecule has 0 aliphatic heterocycles. The molecular formula is C14H14Br2. The monoisotopic (exact) mass is 340 g/mol. The van der Waals surface area contributed by atoms with Gasteiger partial charge in [0.15, 0.2) is 0 Å². The van der Waals surface area contributed by atoms with Crippen LogP contribution in [0.25, 0.3) is 0 Å². The Labute approximate surface area is 114 Å². The van der Waals surface area contributed by atoms with Crippen molar-refractivity contribution in [2.24, 2.45) is 0 Å². The maximum absolute atomic E-state index is 3.40. The molecule has 0 amide bonds. The lowest BCUT2D eigenvalue weighted by atomic mass is 10.2. The van der Waals surface area contributed by atoms with Crippen molar-refractivity contribution >= 4 is 31.9 Å². The SMILES string of the molecule is Cc1cccc(Br)c1.Cc1ccccc1Br. The molecular weight excluding hydrogens is 328 g/mol. The van der Waals surface area contributed by atoms with Crippen LogP contribution in [0.1, 0.15) is 11.1 Å². The average molecular weight is 342 g/mol. The van der Waals surface area contributed by atoms with E-state index in [9.17, 15) is 0 Å². The lowest BCUT2D eigenvalue weighted by Crippen LogP contribution is -1.69. The Morgan fingerprint density at radius 3 is 1.88 bits per heavy atom. The van der Waals surface area contributed by atoms with Crippen molar-refractivity contribution in [3.63, 3.8) is 0 Å². The zero-order valence-corrected chi connectivity index (χ0v) is 12.5. The third-order valence-electron chi connectivity index (χ3n) is 2.06. The molecule has 0 atom stereocenters. The quantitative estimate of drug-likeness (QED) is 0.592. The number of rotatable bonds is 0. The molecule has 0 saturated heterocycles. The second-order valence-corrected chi connectivity index (χ2v) is 5.32. The molecule has 0 aliphatic carbocycles. The highest BCUT2D eigenvalue weighted by Gasteiger charge is 1.86. The van der Waals surface area contributed by atoms with E-state index in [4.69, 9.17) is 0 Å². The lowest BCUT2D eigenvalue weighted by Gasteiger charge is -1.91. The molecule has 16 heavy (non-hydrogen) atoms. The normalized spacial score (nSPS) is 9.25. The molecule has 0 heterocycles. The van der Waals surface area contributed by atoms with Crippen molar-refractivity contribution < 1.29 is 0 Å². The summed E-state index contributed by atoms with van der Waals surface area (Å²) in [7, 11) is 0. The van der Waals surface area contributed by atoms with Gasteiger partial charge in [-0.2, -0.15) is 0 Å². The Balaban J connectivity index is 0.000000160. The predicted octanol–water partition coefficient (Wildman–Crippen LogP) is 5.52. The van der Waals surface area contributed by atoms with Crippen molar-refractivity contribution in [2.45, 2.75) is 13.8 Å². The van der Waals surface area contributed by atoms with E-state index in [0.29, 0.717) is 0 Å². The summed E-state index contributed by atoms with van der Waals surface area (Å²) >= 11 is 6.76. The molecule has 2 rings (SSSR count). The van der Waals surface area contributed by atoms with Crippen LogP contribution in [-0.2, 0) is 0 Å². The highest BCUT2D eigenvalue weighted by molar-refractivity contribution is 9.10. The van der Waals surface area contributed by atoms with Crippen molar-refractivity contribution in [3.8, 4) is 0 Å². The zero-order valence-electron chi connectivity index (χ0n) is 9.37. The highest BCUT2D eigenvalue weighted by atomic mass is 79.9. The molecule has 0 spiro atoms. The molecule has 84 valence electrons. The second kappa shape index (κ2) is 6.87. The fourth-order valence-electron chi connectivity index (χ4n) is 1.16. The van der Waals surface area contributed by atoms with Crippen LogP contribution in [0.15, 0.2) is 57.5 Å². The molecule has 2 aromatic rings. The smallest absolute Gasteiger partial charge is 0.0204 e. The van der Waals surface area contributed by atoms with Gasteiger partial charge in [-0.25, -0.2) is 0 Å². The molecule has 0 N–H and O–H groups in total. The van der Waals surface area contributed by atoms with Crippen molar-refractivity contribution in [1.82, 2.24) is 0 Å². The minimum absolute atomic E-state index is 1.15. The van der Waals surface area contributed by atoms with Gasteiger partial charge in [0.2, 0.25) is 0 Å².